The molecule has 0 fully saturated rings. The molecule has 2 nitrogen and oxygen atoms in total. The van der Waals surface area contributed by atoms with Gasteiger partial charge < -0.3 is 10.5 Å². The van der Waals surface area contributed by atoms with Crippen molar-refractivity contribution in [2.45, 2.75) is 23.6 Å². The van der Waals surface area contributed by atoms with E-state index in [4.69, 9.17) is 10.5 Å². The molecule has 0 aliphatic heterocycles. The summed E-state index contributed by atoms with van der Waals surface area (Å²) in [5.41, 5.74) is 7.83. The van der Waals surface area contributed by atoms with Gasteiger partial charge in [-0.1, -0.05) is 30.0 Å². The number of anilines is 1. The van der Waals surface area contributed by atoms with Gasteiger partial charge in [-0.3, -0.25) is 0 Å². The highest BCUT2D eigenvalue weighted by Crippen LogP contribution is 2.34. The summed E-state index contributed by atoms with van der Waals surface area (Å²) in [4.78, 5) is 2.40. The van der Waals surface area contributed by atoms with Crippen LogP contribution in [0.5, 0.6) is 5.75 Å². The van der Waals surface area contributed by atoms with E-state index in [1.165, 1.54) is 10.5 Å². The smallest absolute Gasteiger partial charge is 0.143 e. The third-order valence-electron chi connectivity index (χ3n) is 2.61. The van der Waals surface area contributed by atoms with Crippen molar-refractivity contribution < 1.29 is 4.74 Å². The summed E-state index contributed by atoms with van der Waals surface area (Å²) in [7, 11) is 0. The SMILES string of the molecule is CCOc1cc(Sc2ccccc2C)ccc1N. The number of benzene rings is 2. The van der Waals surface area contributed by atoms with Gasteiger partial charge in [0.1, 0.15) is 5.75 Å². The summed E-state index contributed by atoms with van der Waals surface area (Å²) >= 11 is 1.73. The number of aryl methyl sites for hydroxylation is 1. The molecule has 0 heterocycles. The molecule has 0 aliphatic rings. The molecule has 0 unspecified atom stereocenters. The molecule has 3 heteroatoms. The summed E-state index contributed by atoms with van der Waals surface area (Å²) in [5, 5.41) is 0. The zero-order chi connectivity index (χ0) is 13.0. The van der Waals surface area contributed by atoms with Crippen LogP contribution in [0, 0.1) is 6.92 Å². The second-order valence-electron chi connectivity index (χ2n) is 4.00. The fraction of sp³-hybridized carbons (Fsp3) is 0.200. The van der Waals surface area contributed by atoms with Crippen LogP contribution < -0.4 is 10.5 Å². The van der Waals surface area contributed by atoms with Crippen LogP contribution in [0.4, 0.5) is 5.69 Å². The van der Waals surface area contributed by atoms with Crippen molar-refractivity contribution in [3.05, 3.63) is 48.0 Å². The Morgan fingerprint density at radius 2 is 1.94 bits per heavy atom. The summed E-state index contributed by atoms with van der Waals surface area (Å²) in [6.07, 6.45) is 0. The van der Waals surface area contributed by atoms with Crippen molar-refractivity contribution in [3.63, 3.8) is 0 Å². The molecule has 2 aromatic carbocycles. The predicted octanol–water partition coefficient (Wildman–Crippen LogP) is 4.13. The monoisotopic (exact) mass is 259 g/mol. The number of rotatable bonds is 4. The van der Waals surface area contributed by atoms with E-state index in [2.05, 4.69) is 25.1 Å². The normalized spacial score (nSPS) is 10.3. The zero-order valence-electron chi connectivity index (χ0n) is 10.6. The Hall–Kier alpha value is -1.61. The first-order valence-electron chi connectivity index (χ1n) is 5.96. The first-order chi connectivity index (χ1) is 8.70. The second-order valence-corrected chi connectivity index (χ2v) is 5.12. The molecular formula is C15H17NOS. The van der Waals surface area contributed by atoms with Crippen LogP contribution in [0.25, 0.3) is 0 Å². The molecule has 0 saturated heterocycles. The molecule has 2 rings (SSSR count). The largest absolute Gasteiger partial charge is 0.492 e. The summed E-state index contributed by atoms with van der Waals surface area (Å²) < 4.78 is 5.51. The van der Waals surface area contributed by atoms with Crippen molar-refractivity contribution in [2.75, 3.05) is 12.3 Å². The van der Waals surface area contributed by atoms with E-state index in [0.717, 1.165) is 10.6 Å². The van der Waals surface area contributed by atoms with Gasteiger partial charge in [-0.15, -0.1) is 0 Å². The Morgan fingerprint density at radius 3 is 2.67 bits per heavy atom. The highest BCUT2D eigenvalue weighted by atomic mass is 32.2. The van der Waals surface area contributed by atoms with E-state index in [0.29, 0.717) is 12.3 Å². The highest BCUT2D eigenvalue weighted by Gasteiger charge is 2.04. The highest BCUT2D eigenvalue weighted by molar-refractivity contribution is 7.99. The molecule has 0 aliphatic carbocycles. The van der Waals surface area contributed by atoms with Crippen LogP contribution in [0.15, 0.2) is 52.3 Å². The number of hydrogen-bond donors (Lipinski definition) is 1. The third kappa shape index (κ3) is 2.99. The van der Waals surface area contributed by atoms with Gasteiger partial charge in [0, 0.05) is 9.79 Å². The fourth-order valence-electron chi connectivity index (χ4n) is 1.66. The molecule has 0 spiro atoms. The van der Waals surface area contributed by atoms with E-state index in [9.17, 15) is 0 Å². The molecule has 18 heavy (non-hydrogen) atoms. The maximum absolute atomic E-state index is 5.86. The Bertz CT molecular complexity index is 540. The quantitative estimate of drug-likeness (QED) is 0.839. The van der Waals surface area contributed by atoms with E-state index in [1.807, 2.05) is 31.2 Å². The molecule has 2 aromatic rings. The predicted molar refractivity (Wildman–Crippen MR) is 77.3 cm³/mol. The van der Waals surface area contributed by atoms with Gasteiger partial charge in [0.2, 0.25) is 0 Å². The molecule has 0 aromatic heterocycles. The molecule has 0 saturated carbocycles. The Kier molecular flexibility index (Phi) is 4.15. The van der Waals surface area contributed by atoms with Gasteiger partial charge in [0.15, 0.2) is 0 Å². The van der Waals surface area contributed by atoms with Crippen molar-refractivity contribution in [3.8, 4) is 5.75 Å². The number of nitrogens with two attached hydrogens (primary N) is 1. The van der Waals surface area contributed by atoms with Gasteiger partial charge in [-0.2, -0.15) is 0 Å². The van der Waals surface area contributed by atoms with Crippen LogP contribution in [0.3, 0.4) is 0 Å². The number of hydrogen-bond acceptors (Lipinski definition) is 3. The topological polar surface area (TPSA) is 35.2 Å². The number of nitrogen functional groups attached to an aromatic ring is 1. The van der Waals surface area contributed by atoms with E-state index in [1.54, 1.807) is 11.8 Å². The molecule has 0 amide bonds. The first kappa shape index (κ1) is 12.8. The molecule has 2 N–H and O–H groups in total. The Labute approximate surface area is 112 Å². The van der Waals surface area contributed by atoms with Crippen LogP contribution in [0.1, 0.15) is 12.5 Å². The van der Waals surface area contributed by atoms with E-state index < -0.39 is 0 Å². The van der Waals surface area contributed by atoms with Crippen molar-refractivity contribution >= 4 is 17.4 Å². The molecular weight excluding hydrogens is 242 g/mol. The molecule has 0 bridgehead atoms. The summed E-state index contributed by atoms with van der Waals surface area (Å²) in [6, 6.07) is 14.3. The van der Waals surface area contributed by atoms with Gasteiger partial charge in [-0.25, -0.2) is 0 Å². The average Bonchev–Trinajstić information content (AvgIpc) is 2.36. The lowest BCUT2D eigenvalue weighted by molar-refractivity contribution is 0.341. The van der Waals surface area contributed by atoms with Gasteiger partial charge in [0.25, 0.3) is 0 Å². The van der Waals surface area contributed by atoms with Crippen LogP contribution in [-0.4, -0.2) is 6.61 Å². The van der Waals surface area contributed by atoms with E-state index >= 15 is 0 Å². The molecule has 0 radical (unpaired) electrons. The van der Waals surface area contributed by atoms with Crippen molar-refractivity contribution in [1.82, 2.24) is 0 Å². The fourth-order valence-corrected chi connectivity index (χ4v) is 2.59. The van der Waals surface area contributed by atoms with Gasteiger partial charge >= 0.3 is 0 Å². The van der Waals surface area contributed by atoms with Gasteiger partial charge in [-0.05, 0) is 43.7 Å². The second kappa shape index (κ2) is 5.83. The number of ether oxygens (including phenoxy) is 1. The molecule has 0 atom stereocenters. The maximum Gasteiger partial charge on any atom is 0.143 e. The van der Waals surface area contributed by atoms with Crippen LogP contribution in [0.2, 0.25) is 0 Å². The lowest BCUT2D eigenvalue weighted by atomic mass is 10.2. The maximum atomic E-state index is 5.86. The lowest BCUT2D eigenvalue weighted by Gasteiger charge is -2.10. The van der Waals surface area contributed by atoms with Crippen molar-refractivity contribution in [2.24, 2.45) is 0 Å². The lowest BCUT2D eigenvalue weighted by Crippen LogP contribution is -1.96. The zero-order valence-corrected chi connectivity index (χ0v) is 11.5. The summed E-state index contributed by atoms with van der Waals surface area (Å²) in [5.74, 6) is 0.760. The van der Waals surface area contributed by atoms with E-state index in [-0.39, 0.29) is 0 Å². The van der Waals surface area contributed by atoms with Gasteiger partial charge in [0.05, 0.1) is 12.3 Å². The summed E-state index contributed by atoms with van der Waals surface area (Å²) in [6.45, 7) is 4.70. The minimum absolute atomic E-state index is 0.628. The average molecular weight is 259 g/mol. The minimum atomic E-state index is 0.628. The minimum Gasteiger partial charge on any atom is -0.492 e. The third-order valence-corrected chi connectivity index (χ3v) is 3.77. The van der Waals surface area contributed by atoms with Crippen LogP contribution >= 0.6 is 11.8 Å². The van der Waals surface area contributed by atoms with Crippen LogP contribution in [-0.2, 0) is 0 Å². The Balaban J connectivity index is 2.24. The molecule has 94 valence electrons. The first-order valence-corrected chi connectivity index (χ1v) is 6.78. The van der Waals surface area contributed by atoms with Crippen molar-refractivity contribution in [1.29, 1.82) is 0 Å². The Morgan fingerprint density at radius 1 is 1.17 bits per heavy atom. The standard InChI is InChI=1S/C15H17NOS/c1-3-17-14-10-12(8-9-13(14)16)18-15-7-5-4-6-11(15)2/h4-10H,3,16H2,1-2H3.